The minimum absolute atomic E-state index is 0.0280. The number of amides is 1. The number of esters is 5. The Hall–Kier alpha value is -7.04. The number of hydrogen-bond donors (Lipinski definition) is 3. The van der Waals surface area contributed by atoms with E-state index in [1.807, 2.05) is 0 Å². The zero-order chi connectivity index (χ0) is 55.7. The van der Waals surface area contributed by atoms with Crippen molar-refractivity contribution < 1.29 is 86.4 Å². The molecule has 0 unspecified atom stereocenters. The summed E-state index contributed by atoms with van der Waals surface area (Å²) < 4.78 is 53.1. The van der Waals surface area contributed by atoms with E-state index in [4.69, 9.17) is 48.2 Å². The van der Waals surface area contributed by atoms with Crippen LogP contribution < -0.4 is 5.32 Å². The number of ether oxygens (including phenoxy) is 9. The van der Waals surface area contributed by atoms with Crippen LogP contribution in [0.25, 0.3) is 10.4 Å². The Balaban J connectivity index is 1.31. The molecular weight excluding hydrogens is 1000 g/mol. The van der Waals surface area contributed by atoms with Gasteiger partial charge in [0.2, 0.25) is 6.10 Å². The number of benzene rings is 3. The van der Waals surface area contributed by atoms with Crippen molar-refractivity contribution in [2.75, 3.05) is 52.8 Å². The maximum Gasteiger partial charge on any atom is 0.350 e. The van der Waals surface area contributed by atoms with E-state index in [-0.39, 0.29) is 74.9 Å². The summed E-state index contributed by atoms with van der Waals surface area (Å²) in [7, 11) is 0. The third-order valence-electron chi connectivity index (χ3n) is 15.1. The van der Waals surface area contributed by atoms with E-state index in [9.17, 15) is 34.2 Å². The van der Waals surface area contributed by atoms with Crippen LogP contribution in [0.3, 0.4) is 0 Å². The zero-order valence-electron chi connectivity index (χ0n) is 43.6. The first-order valence-electron chi connectivity index (χ1n) is 25.2. The number of aliphatic hydroxyl groups is 2. The Morgan fingerprint density at radius 1 is 0.818 bits per heavy atom. The Kier molecular flexibility index (Phi) is 18.4. The van der Waals surface area contributed by atoms with Crippen molar-refractivity contribution in [3.63, 3.8) is 0 Å². The Morgan fingerprint density at radius 2 is 1.42 bits per heavy atom. The van der Waals surface area contributed by atoms with Crippen LogP contribution in [0.4, 0.5) is 0 Å². The Morgan fingerprint density at radius 3 is 2.00 bits per heavy atom. The first-order valence-corrected chi connectivity index (χ1v) is 25.2. The molecule has 22 heteroatoms. The molecule has 0 radical (unpaired) electrons. The maximum atomic E-state index is 15.8. The molecule has 7 rings (SSSR count). The second kappa shape index (κ2) is 24.5. The summed E-state index contributed by atoms with van der Waals surface area (Å²) in [5, 5.41) is 32.4. The smallest absolute Gasteiger partial charge is 0.350 e. The van der Waals surface area contributed by atoms with Gasteiger partial charge in [-0.2, -0.15) is 0 Å². The first kappa shape index (κ1) is 57.7. The highest BCUT2D eigenvalue weighted by molar-refractivity contribution is 5.96. The fraction of sp³-hybridized carbons (Fsp3) is 0.509. The molecule has 11 atom stereocenters. The minimum atomic E-state index is -2.49. The number of nitrogens with zero attached hydrogens (tertiary/aromatic N) is 3. The van der Waals surface area contributed by atoms with E-state index in [0.717, 1.165) is 13.8 Å². The largest absolute Gasteiger partial charge is 0.455 e. The van der Waals surface area contributed by atoms with Crippen molar-refractivity contribution >= 4 is 41.5 Å². The highest BCUT2D eigenvalue weighted by Crippen LogP contribution is 2.64. The lowest BCUT2D eigenvalue weighted by molar-refractivity contribution is -0.346. The molecule has 3 N–H and O–H groups in total. The first-order chi connectivity index (χ1) is 36.7. The van der Waals surface area contributed by atoms with E-state index in [2.05, 4.69) is 15.3 Å². The lowest BCUT2D eigenvalue weighted by Gasteiger charge is -2.67. The van der Waals surface area contributed by atoms with Gasteiger partial charge in [0.1, 0.15) is 36.6 Å². The molecule has 0 aromatic heterocycles. The standard InChI is InChI=1S/C55H64N4O18/c1-32-38(74-51(67)45(75-41(63)30-71-27-26-70-25-24-69-23-22-57-59-56)43(35-16-10-7-11-17-35)58-49(65)36-18-12-8-13-19-36)29-55(68)48(76-50(66)37-20-14-9-15-21-37)46-53(6,39(62)28-40-54(46,31-72-40)77-34(3)61)47(64)44(73-33(2)60)42(32)52(55,4)5/h7-21,38-40,43-46,48,62,68H,22-31H2,1-6H3,(H,58,65)/t38-,39-,40+,43-,44+,45+,46-,48-,53+,54-,55+/m0/s1. The monoisotopic (exact) mass is 1070 g/mol. The third kappa shape index (κ3) is 11.9. The van der Waals surface area contributed by atoms with Gasteiger partial charge in [-0.3, -0.25) is 19.2 Å². The van der Waals surface area contributed by atoms with Gasteiger partial charge in [0.25, 0.3) is 5.91 Å². The van der Waals surface area contributed by atoms with Crippen LogP contribution in [0.15, 0.2) is 107 Å². The summed E-state index contributed by atoms with van der Waals surface area (Å²) in [6.07, 6.45) is -11.0. The number of azide groups is 1. The summed E-state index contributed by atoms with van der Waals surface area (Å²) in [6.45, 7) is 7.73. The average Bonchev–Trinajstić information content (AvgIpc) is 3.40. The van der Waals surface area contributed by atoms with Gasteiger partial charge in [0.15, 0.2) is 17.5 Å². The number of carbonyl (C=O) groups is 7. The topological polar surface area (TPSA) is 304 Å². The molecule has 77 heavy (non-hydrogen) atoms. The molecular formula is C55H64N4O18. The predicted molar refractivity (Wildman–Crippen MR) is 268 cm³/mol. The summed E-state index contributed by atoms with van der Waals surface area (Å²) in [6, 6.07) is 22.5. The number of carbonyl (C=O) groups excluding carboxylic acids is 7. The highest BCUT2D eigenvalue weighted by atomic mass is 16.6. The fourth-order valence-electron chi connectivity index (χ4n) is 11.2. The molecule has 1 aliphatic heterocycles. The van der Waals surface area contributed by atoms with Gasteiger partial charge in [0.05, 0.1) is 62.6 Å². The molecule has 3 aromatic rings. The van der Waals surface area contributed by atoms with Crippen LogP contribution in [-0.4, -0.2) is 152 Å². The van der Waals surface area contributed by atoms with Crippen LogP contribution >= 0.6 is 0 Å². The van der Waals surface area contributed by atoms with Crippen molar-refractivity contribution in [3.8, 4) is 0 Å². The van der Waals surface area contributed by atoms with Gasteiger partial charge in [0, 0.05) is 49.1 Å². The van der Waals surface area contributed by atoms with Gasteiger partial charge in [-0.05, 0) is 60.4 Å². The predicted octanol–water partition coefficient (Wildman–Crippen LogP) is 4.65. The molecule has 412 valence electrons. The molecule has 3 aliphatic carbocycles. The van der Waals surface area contributed by atoms with Crippen LogP contribution in [-0.2, 0) is 66.6 Å². The number of rotatable bonds is 22. The maximum absolute atomic E-state index is 15.8. The molecule has 1 amide bonds. The van der Waals surface area contributed by atoms with Gasteiger partial charge in [-0.15, -0.1) is 0 Å². The number of ketones is 1. The van der Waals surface area contributed by atoms with E-state index >= 15 is 9.59 Å². The summed E-state index contributed by atoms with van der Waals surface area (Å²) in [4.78, 5) is 102. The van der Waals surface area contributed by atoms with E-state index in [1.165, 1.54) is 52.0 Å². The molecule has 1 heterocycles. The van der Waals surface area contributed by atoms with Crippen molar-refractivity contribution in [1.82, 2.24) is 5.32 Å². The second-order valence-corrected chi connectivity index (χ2v) is 20.1. The van der Waals surface area contributed by atoms with Crippen molar-refractivity contribution in [2.45, 2.75) is 108 Å². The normalized spacial score (nSPS) is 27.7. The van der Waals surface area contributed by atoms with Gasteiger partial charge in [-0.25, -0.2) is 14.4 Å². The fourth-order valence-corrected chi connectivity index (χ4v) is 11.2. The molecule has 0 spiro atoms. The van der Waals surface area contributed by atoms with Crippen molar-refractivity contribution in [1.29, 1.82) is 0 Å². The molecule has 3 aromatic carbocycles. The van der Waals surface area contributed by atoms with Crippen molar-refractivity contribution in [2.24, 2.45) is 21.9 Å². The van der Waals surface area contributed by atoms with Crippen LogP contribution in [0.5, 0.6) is 0 Å². The molecule has 22 nitrogen and oxygen atoms in total. The summed E-state index contributed by atoms with van der Waals surface area (Å²) >= 11 is 0. The molecule has 4 aliphatic rings. The number of hydrogen-bond acceptors (Lipinski definition) is 19. The molecule has 1 saturated heterocycles. The van der Waals surface area contributed by atoms with E-state index < -0.39 is 125 Å². The van der Waals surface area contributed by atoms with Gasteiger partial charge in [-0.1, -0.05) is 85.7 Å². The Labute approximate surface area is 444 Å². The average molecular weight is 1070 g/mol. The zero-order valence-corrected chi connectivity index (χ0v) is 43.6. The van der Waals surface area contributed by atoms with E-state index in [1.54, 1.807) is 66.7 Å². The van der Waals surface area contributed by atoms with E-state index in [0.29, 0.717) is 5.56 Å². The van der Waals surface area contributed by atoms with Crippen LogP contribution in [0, 0.1) is 16.7 Å². The van der Waals surface area contributed by atoms with Crippen molar-refractivity contribution in [3.05, 3.63) is 129 Å². The van der Waals surface area contributed by atoms with Gasteiger partial charge < -0.3 is 58.2 Å². The Bertz CT molecular complexity index is 2740. The highest BCUT2D eigenvalue weighted by Gasteiger charge is 2.78. The van der Waals surface area contributed by atoms with Gasteiger partial charge >= 0.3 is 29.8 Å². The van der Waals surface area contributed by atoms with Crippen LogP contribution in [0.2, 0.25) is 0 Å². The SMILES string of the molecule is CC(=O)O[C@H]1C(=O)[C@@]2(C)[C@H]([C@H](OC(=O)c3ccccc3)[C@]3(O)C[C@H](OC(=O)[C@H](OC(=O)COCCOCCOCCN=[N+]=[N-])[C@@H](NC(=O)c4ccccc4)c4ccccc4)C(C)=C1C3(C)C)[C@]1(OC(C)=O)CO[C@@H]1C[C@@H]2O. The molecule has 3 fully saturated rings. The third-order valence-corrected chi connectivity index (χ3v) is 15.1. The lowest BCUT2D eigenvalue weighted by Crippen LogP contribution is -2.82. The lowest BCUT2D eigenvalue weighted by atomic mass is 9.44. The molecule has 2 saturated carbocycles. The second-order valence-electron chi connectivity index (χ2n) is 20.1. The quantitative estimate of drug-likeness (QED) is 0.0235. The summed E-state index contributed by atoms with van der Waals surface area (Å²) in [5.41, 5.74) is 0.760. The van der Waals surface area contributed by atoms with Crippen LogP contribution in [0.1, 0.15) is 86.7 Å². The minimum Gasteiger partial charge on any atom is -0.455 e. The number of aliphatic hydroxyl groups excluding tert-OH is 1. The number of nitrogens with one attached hydrogen (secondary N) is 1. The number of fused-ring (bicyclic) bond motifs is 5. The summed E-state index contributed by atoms with van der Waals surface area (Å²) in [5.74, 6) is -8.25. The molecule has 2 bridgehead atoms. The number of Topliss-reactive ketones (excluding diaryl/α,β-unsaturated/α-hetero) is 1.